The number of aryl methyl sites for hydroxylation is 2. The van der Waals surface area contributed by atoms with Crippen LogP contribution in [0.1, 0.15) is 17.8 Å². The number of aliphatic hydroxyl groups excluding tert-OH is 1. The van der Waals surface area contributed by atoms with Gasteiger partial charge in [-0.3, -0.25) is 5.10 Å². The summed E-state index contributed by atoms with van der Waals surface area (Å²) < 4.78 is 27.0. The second-order valence-electron chi connectivity index (χ2n) is 5.64. The van der Waals surface area contributed by atoms with Crippen molar-refractivity contribution in [2.45, 2.75) is 37.3 Å². The zero-order chi connectivity index (χ0) is 15.1. The van der Waals surface area contributed by atoms with Crippen LogP contribution in [0.5, 0.6) is 0 Å². The van der Waals surface area contributed by atoms with Crippen LogP contribution in [-0.2, 0) is 10.0 Å². The van der Waals surface area contributed by atoms with Crippen LogP contribution < -0.4 is 0 Å². The van der Waals surface area contributed by atoms with Crippen LogP contribution in [0.25, 0.3) is 0 Å². The van der Waals surface area contributed by atoms with Gasteiger partial charge < -0.3 is 10.0 Å². The van der Waals surface area contributed by atoms with Gasteiger partial charge in [-0.2, -0.15) is 9.40 Å². The fraction of sp³-hybridized carbons (Fsp3) is 0.750. The van der Waals surface area contributed by atoms with Gasteiger partial charge in [0, 0.05) is 19.1 Å². The van der Waals surface area contributed by atoms with Gasteiger partial charge >= 0.3 is 0 Å². The molecule has 2 atom stereocenters. The molecule has 1 fully saturated rings. The highest BCUT2D eigenvalue weighted by atomic mass is 32.2. The van der Waals surface area contributed by atoms with Gasteiger partial charge in [0.1, 0.15) is 4.90 Å². The van der Waals surface area contributed by atoms with Gasteiger partial charge in [-0.25, -0.2) is 8.42 Å². The lowest BCUT2D eigenvalue weighted by Crippen LogP contribution is -2.41. The van der Waals surface area contributed by atoms with Gasteiger partial charge in [-0.15, -0.1) is 0 Å². The predicted molar refractivity (Wildman–Crippen MR) is 74.9 cm³/mol. The summed E-state index contributed by atoms with van der Waals surface area (Å²) in [7, 11) is 0.154. The zero-order valence-electron chi connectivity index (χ0n) is 12.3. The molecule has 7 nitrogen and oxygen atoms in total. The number of aliphatic hydroxyl groups is 1. The highest BCUT2D eigenvalue weighted by molar-refractivity contribution is 7.89. The molecule has 1 aromatic heterocycles. The van der Waals surface area contributed by atoms with E-state index in [0.717, 1.165) is 0 Å². The Bertz CT molecular complexity index is 562. The van der Waals surface area contributed by atoms with Crippen molar-refractivity contribution in [1.82, 2.24) is 19.4 Å². The van der Waals surface area contributed by atoms with E-state index in [1.807, 2.05) is 19.0 Å². The molecule has 2 N–H and O–H groups in total. The minimum atomic E-state index is -3.63. The second-order valence-corrected chi connectivity index (χ2v) is 7.47. The lowest BCUT2D eigenvalue weighted by molar-refractivity contribution is 0.188. The number of H-pyrrole nitrogens is 1. The monoisotopic (exact) mass is 302 g/mol. The number of nitrogens with one attached hydrogen (secondary N) is 1. The third-order valence-corrected chi connectivity index (χ3v) is 5.73. The molecule has 0 aliphatic carbocycles. The highest BCUT2D eigenvalue weighted by Crippen LogP contribution is 2.29. The molecular formula is C12H22N4O3S. The van der Waals surface area contributed by atoms with Crippen molar-refractivity contribution in [2.24, 2.45) is 0 Å². The first-order chi connectivity index (χ1) is 9.23. The van der Waals surface area contributed by atoms with Crippen molar-refractivity contribution in [1.29, 1.82) is 0 Å². The molecule has 8 heteroatoms. The van der Waals surface area contributed by atoms with E-state index in [1.165, 1.54) is 4.31 Å². The Morgan fingerprint density at radius 1 is 1.45 bits per heavy atom. The van der Waals surface area contributed by atoms with E-state index in [2.05, 4.69) is 10.2 Å². The van der Waals surface area contributed by atoms with Crippen molar-refractivity contribution in [3.05, 3.63) is 11.4 Å². The Kier molecular flexibility index (Phi) is 4.19. The first kappa shape index (κ1) is 15.4. The van der Waals surface area contributed by atoms with Gasteiger partial charge in [0.2, 0.25) is 10.0 Å². The Labute approximate surface area is 119 Å². The number of β-amino-alcohol motifs (C(OH)–C–C–N with tert-alkyl or cyclic N) is 1. The summed E-state index contributed by atoms with van der Waals surface area (Å²) in [6, 6.07) is -0.210. The van der Waals surface area contributed by atoms with Crippen molar-refractivity contribution in [3.63, 3.8) is 0 Å². The van der Waals surface area contributed by atoms with E-state index in [4.69, 9.17) is 0 Å². The molecule has 0 bridgehead atoms. The average molecular weight is 302 g/mol. The third kappa shape index (κ3) is 2.73. The van der Waals surface area contributed by atoms with E-state index in [-0.39, 0.29) is 17.5 Å². The van der Waals surface area contributed by atoms with E-state index in [9.17, 15) is 13.5 Å². The standard InChI is InChI=1S/C12H22N4O3S/c1-8-12(9(2)14-13-8)20(18,19)16-7-11(17)5-10(16)6-15(3)4/h10-11,17H,5-7H2,1-4H3,(H,13,14). The number of likely N-dealkylation sites (N-methyl/N-ethyl adjacent to an activating group) is 1. The molecule has 0 amide bonds. The maximum atomic E-state index is 12.8. The maximum absolute atomic E-state index is 12.8. The molecule has 1 aliphatic heterocycles. The van der Waals surface area contributed by atoms with Crippen molar-refractivity contribution in [3.8, 4) is 0 Å². The lowest BCUT2D eigenvalue weighted by Gasteiger charge is -2.26. The molecule has 114 valence electrons. The molecule has 2 rings (SSSR count). The lowest BCUT2D eigenvalue weighted by atomic mass is 10.2. The first-order valence-corrected chi connectivity index (χ1v) is 8.03. The van der Waals surface area contributed by atoms with E-state index >= 15 is 0 Å². The molecule has 0 radical (unpaired) electrons. The highest BCUT2D eigenvalue weighted by Gasteiger charge is 2.41. The summed E-state index contributed by atoms with van der Waals surface area (Å²) in [6.07, 6.45) is -0.143. The third-order valence-electron chi connectivity index (χ3n) is 3.55. The summed E-state index contributed by atoms with van der Waals surface area (Å²) in [4.78, 5) is 2.16. The van der Waals surface area contributed by atoms with Crippen LogP contribution in [0.3, 0.4) is 0 Å². The first-order valence-electron chi connectivity index (χ1n) is 6.59. The largest absolute Gasteiger partial charge is 0.392 e. The van der Waals surface area contributed by atoms with E-state index < -0.39 is 16.1 Å². The van der Waals surface area contributed by atoms with Gasteiger partial charge in [-0.05, 0) is 34.4 Å². The number of nitrogens with zero attached hydrogens (tertiary/aromatic N) is 3. The maximum Gasteiger partial charge on any atom is 0.247 e. The quantitative estimate of drug-likeness (QED) is 0.798. The van der Waals surface area contributed by atoms with Crippen LogP contribution in [0.15, 0.2) is 4.90 Å². The molecule has 2 heterocycles. The Morgan fingerprint density at radius 2 is 2.10 bits per heavy atom. The number of sulfonamides is 1. The number of hydrogen-bond donors (Lipinski definition) is 2. The summed E-state index contributed by atoms with van der Waals surface area (Å²) >= 11 is 0. The number of aromatic amines is 1. The fourth-order valence-corrected chi connectivity index (χ4v) is 4.78. The zero-order valence-corrected chi connectivity index (χ0v) is 13.1. The number of rotatable bonds is 4. The Balaban J connectivity index is 2.37. The Hall–Kier alpha value is -0.960. The summed E-state index contributed by atoms with van der Waals surface area (Å²) in [5, 5.41) is 16.5. The van der Waals surface area contributed by atoms with Gasteiger partial charge in [0.15, 0.2) is 0 Å². The molecule has 2 unspecified atom stereocenters. The number of hydrogen-bond acceptors (Lipinski definition) is 5. The normalized spacial score (nSPS) is 24.7. The Morgan fingerprint density at radius 3 is 2.60 bits per heavy atom. The van der Waals surface area contributed by atoms with Crippen LogP contribution in [0.4, 0.5) is 0 Å². The van der Waals surface area contributed by atoms with Crippen LogP contribution >= 0.6 is 0 Å². The van der Waals surface area contributed by atoms with Crippen molar-refractivity contribution in [2.75, 3.05) is 27.2 Å². The molecule has 0 spiro atoms. The minimum absolute atomic E-state index is 0.144. The summed E-state index contributed by atoms with van der Waals surface area (Å²) in [5.74, 6) is 0. The van der Waals surface area contributed by atoms with E-state index in [1.54, 1.807) is 13.8 Å². The second kappa shape index (κ2) is 5.44. The van der Waals surface area contributed by atoms with Crippen LogP contribution in [0.2, 0.25) is 0 Å². The fourth-order valence-electron chi connectivity index (χ4n) is 2.78. The molecule has 1 aromatic rings. The molecule has 0 saturated carbocycles. The molecule has 0 aromatic carbocycles. The van der Waals surface area contributed by atoms with Crippen LogP contribution in [0, 0.1) is 13.8 Å². The van der Waals surface area contributed by atoms with E-state index in [0.29, 0.717) is 24.4 Å². The van der Waals surface area contributed by atoms with Crippen molar-refractivity contribution < 1.29 is 13.5 Å². The smallest absolute Gasteiger partial charge is 0.247 e. The minimum Gasteiger partial charge on any atom is -0.392 e. The van der Waals surface area contributed by atoms with Gasteiger partial charge in [0.25, 0.3) is 0 Å². The van der Waals surface area contributed by atoms with Gasteiger partial charge in [-0.1, -0.05) is 0 Å². The summed E-state index contributed by atoms with van der Waals surface area (Å²) in [5.41, 5.74) is 1.000. The molecule has 20 heavy (non-hydrogen) atoms. The topological polar surface area (TPSA) is 89.5 Å². The number of aromatic nitrogens is 2. The van der Waals surface area contributed by atoms with Gasteiger partial charge in [0.05, 0.1) is 17.5 Å². The predicted octanol–water partition coefficient (Wildman–Crippen LogP) is -0.288. The molecule has 1 saturated heterocycles. The van der Waals surface area contributed by atoms with Crippen LogP contribution in [-0.4, -0.2) is 72.3 Å². The SMILES string of the molecule is Cc1n[nH]c(C)c1S(=O)(=O)N1CC(O)CC1CN(C)C. The molecule has 1 aliphatic rings. The van der Waals surface area contributed by atoms with Crippen molar-refractivity contribution >= 4 is 10.0 Å². The summed E-state index contributed by atoms with van der Waals surface area (Å²) in [6.45, 7) is 4.10. The molecular weight excluding hydrogens is 280 g/mol. The average Bonchev–Trinajstić information content (AvgIpc) is 2.82.